The normalized spacial score (nSPS) is 12.2. The molecule has 0 saturated heterocycles. The number of carbonyl (C=O) groups is 2. The molecule has 0 bridgehead atoms. The van der Waals surface area contributed by atoms with Crippen molar-refractivity contribution in [2.45, 2.75) is 13.5 Å². The fourth-order valence-corrected chi connectivity index (χ4v) is 4.10. The third kappa shape index (κ3) is 4.96. The molecule has 1 aromatic heterocycles. The summed E-state index contributed by atoms with van der Waals surface area (Å²) in [5.74, 6) is -0.118. The van der Waals surface area contributed by atoms with Crippen molar-refractivity contribution in [3.63, 3.8) is 0 Å². The maximum absolute atomic E-state index is 13.1. The van der Waals surface area contributed by atoms with E-state index in [0.29, 0.717) is 30.4 Å². The SMILES string of the molecule is Cc1c(C(=O)OCC(=O)N(Cc2cccs2)c2ccc3c(c2)OCCO3)cccc1[N+](=O)[O-]. The third-order valence-corrected chi connectivity index (χ3v) is 5.94. The first kappa shape index (κ1) is 22.3. The molecule has 4 rings (SSSR count). The lowest BCUT2D eigenvalue weighted by atomic mass is 10.1. The number of rotatable bonds is 7. The highest BCUT2D eigenvalue weighted by Gasteiger charge is 2.24. The van der Waals surface area contributed by atoms with Crippen LogP contribution in [0.4, 0.5) is 11.4 Å². The van der Waals surface area contributed by atoms with Crippen LogP contribution in [0.3, 0.4) is 0 Å². The van der Waals surface area contributed by atoms with Gasteiger partial charge in [-0.05, 0) is 36.6 Å². The molecule has 0 radical (unpaired) electrons. The second-order valence-electron chi connectivity index (χ2n) is 7.17. The first-order chi connectivity index (χ1) is 15.9. The lowest BCUT2D eigenvalue weighted by Crippen LogP contribution is -2.34. The fourth-order valence-electron chi connectivity index (χ4n) is 3.41. The van der Waals surface area contributed by atoms with Crippen LogP contribution in [0.1, 0.15) is 20.8 Å². The Morgan fingerprint density at radius 3 is 2.64 bits per heavy atom. The van der Waals surface area contributed by atoms with Gasteiger partial charge in [-0.1, -0.05) is 12.1 Å². The predicted molar refractivity (Wildman–Crippen MR) is 121 cm³/mol. The molecule has 0 atom stereocenters. The highest BCUT2D eigenvalue weighted by atomic mass is 32.1. The second-order valence-corrected chi connectivity index (χ2v) is 8.20. The van der Waals surface area contributed by atoms with Gasteiger partial charge in [-0.2, -0.15) is 0 Å². The van der Waals surface area contributed by atoms with Crippen LogP contribution < -0.4 is 14.4 Å². The molecule has 2 aromatic carbocycles. The van der Waals surface area contributed by atoms with Crippen LogP contribution in [0.15, 0.2) is 53.9 Å². The molecule has 1 aliphatic rings. The van der Waals surface area contributed by atoms with E-state index in [2.05, 4.69) is 0 Å². The summed E-state index contributed by atoms with van der Waals surface area (Å²) in [5.41, 5.74) is 0.606. The van der Waals surface area contributed by atoms with Crippen LogP contribution in [-0.2, 0) is 16.1 Å². The summed E-state index contributed by atoms with van der Waals surface area (Å²) < 4.78 is 16.4. The van der Waals surface area contributed by atoms with E-state index in [9.17, 15) is 19.7 Å². The molecule has 0 aliphatic carbocycles. The maximum atomic E-state index is 13.1. The molecule has 1 amide bonds. The van der Waals surface area contributed by atoms with E-state index in [1.807, 2.05) is 17.5 Å². The second kappa shape index (κ2) is 9.70. The third-order valence-electron chi connectivity index (χ3n) is 5.08. The average Bonchev–Trinajstić information content (AvgIpc) is 3.34. The van der Waals surface area contributed by atoms with Crippen molar-refractivity contribution in [3.8, 4) is 11.5 Å². The van der Waals surface area contributed by atoms with Gasteiger partial charge in [0.2, 0.25) is 0 Å². The number of benzene rings is 2. The van der Waals surface area contributed by atoms with E-state index >= 15 is 0 Å². The molecule has 0 unspecified atom stereocenters. The number of hydrogen-bond donors (Lipinski definition) is 0. The van der Waals surface area contributed by atoms with Crippen molar-refractivity contribution in [2.24, 2.45) is 0 Å². The highest BCUT2D eigenvalue weighted by Crippen LogP contribution is 2.35. The largest absolute Gasteiger partial charge is 0.486 e. The molecular formula is C23H20N2O7S. The molecule has 170 valence electrons. The number of hydrogen-bond acceptors (Lipinski definition) is 8. The first-order valence-electron chi connectivity index (χ1n) is 10.1. The van der Waals surface area contributed by atoms with Crippen molar-refractivity contribution >= 4 is 34.6 Å². The molecule has 2 heterocycles. The van der Waals surface area contributed by atoms with Gasteiger partial charge in [-0.15, -0.1) is 11.3 Å². The lowest BCUT2D eigenvalue weighted by molar-refractivity contribution is -0.385. The van der Waals surface area contributed by atoms with E-state index in [4.69, 9.17) is 14.2 Å². The van der Waals surface area contributed by atoms with Crippen LogP contribution in [0.2, 0.25) is 0 Å². The number of ether oxygens (including phenoxy) is 3. The zero-order valence-electron chi connectivity index (χ0n) is 17.7. The van der Waals surface area contributed by atoms with Gasteiger partial charge in [0.25, 0.3) is 11.6 Å². The molecule has 10 heteroatoms. The van der Waals surface area contributed by atoms with Crippen LogP contribution in [0.5, 0.6) is 11.5 Å². The Kier molecular flexibility index (Phi) is 6.55. The van der Waals surface area contributed by atoms with Gasteiger partial charge >= 0.3 is 5.97 Å². The lowest BCUT2D eigenvalue weighted by Gasteiger charge is -2.25. The van der Waals surface area contributed by atoms with Gasteiger partial charge in [-0.25, -0.2) is 4.79 Å². The Bertz CT molecular complexity index is 1190. The molecular weight excluding hydrogens is 448 g/mol. The monoisotopic (exact) mass is 468 g/mol. The highest BCUT2D eigenvalue weighted by molar-refractivity contribution is 7.09. The van der Waals surface area contributed by atoms with Gasteiger partial charge in [-0.3, -0.25) is 14.9 Å². The molecule has 33 heavy (non-hydrogen) atoms. The van der Waals surface area contributed by atoms with Crippen LogP contribution in [0.25, 0.3) is 0 Å². The fraction of sp³-hybridized carbons (Fsp3) is 0.217. The Morgan fingerprint density at radius 2 is 1.91 bits per heavy atom. The molecule has 0 saturated carbocycles. The van der Waals surface area contributed by atoms with E-state index < -0.39 is 23.4 Å². The number of fused-ring (bicyclic) bond motifs is 1. The van der Waals surface area contributed by atoms with E-state index in [1.54, 1.807) is 18.2 Å². The van der Waals surface area contributed by atoms with Gasteiger partial charge < -0.3 is 19.1 Å². The minimum Gasteiger partial charge on any atom is -0.486 e. The minimum absolute atomic E-state index is 0.0427. The Labute approximate surface area is 193 Å². The van der Waals surface area contributed by atoms with Crippen LogP contribution in [-0.4, -0.2) is 36.6 Å². The summed E-state index contributed by atoms with van der Waals surface area (Å²) >= 11 is 1.50. The standard InChI is InChI=1S/C23H20N2O7S/c1-15-18(5-2-6-19(15)25(28)29)23(27)32-14-22(26)24(13-17-4-3-11-33-17)16-7-8-20-21(12-16)31-10-9-30-20/h2-8,11-12H,9-10,13-14H2,1H3. The first-order valence-corrected chi connectivity index (χ1v) is 11.0. The molecule has 0 fully saturated rings. The Morgan fingerprint density at radius 1 is 1.12 bits per heavy atom. The summed E-state index contributed by atoms with van der Waals surface area (Å²) in [6, 6.07) is 13.1. The molecule has 1 aliphatic heterocycles. The van der Waals surface area contributed by atoms with Crippen LogP contribution in [0, 0.1) is 17.0 Å². The minimum atomic E-state index is -0.803. The predicted octanol–water partition coefficient (Wildman–Crippen LogP) is 4.13. The molecule has 3 aromatic rings. The van der Waals surface area contributed by atoms with Gasteiger partial charge in [0.15, 0.2) is 18.1 Å². The summed E-state index contributed by atoms with van der Waals surface area (Å²) in [4.78, 5) is 38.7. The summed E-state index contributed by atoms with van der Waals surface area (Å²) in [6.45, 7) is 2.09. The number of thiophene rings is 1. The van der Waals surface area contributed by atoms with Crippen molar-refractivity contribution in [2.75, 3.05) is 24.7 Å². The Balaban J connectivity index is 1.53. The smallest absolute Gasteiger partial charge is 0.339 e. The molecule has 0 spiro atoms. The average molecular weight is 468 g/mol. The number of anilines is 1. The van der Waals surface area contributed by atoms with Crippen molar-refractivity contribution in [3.05, 3.63) is 80.0 Å². The summed E-state index contributed by atoms with van der Waals surface area (Å²) in [5, 5.41) is 13.0. The van der Waals surface area contributed by atoms with E-state index in [1.165, 1.54) is 41.4 Å². The number of nitro groups is 1. The number of amides is 1. The van der Waals surface area contributed by atoms with Crippen molar-refractivity contribution in [1.29, 1.82) is 0 Å². The molecule has 0 N–H and O–H groups in total. The van der Waals surface area contributed by atoms with Gasteiger partial charge in [0.1, 0.15) is 13.2 Å². The van der Waals surface area contributed by atoms with Crippen molar-refractivity contribution in [1.82, 2.24) is 0 Å². The number of nitrogens with zero attached hydrogens (tertiary/aromatic N) is 2. The maximum Gasteiger partial charge on any atom is 0.339 e. The molecule has 9 nitrogen and oxygen atoms in total. The Hall–Kier alpha value is -3.92. The van der Waals surface area contributed by atoms with Crippen LogP contribution >= 0.6 is 11.3 Å². The number of carbonyl (C=O) groups excluding carboxylic acids is 2. The number of nitro benzene ring substituents is 1. The van der Waals surface area contributed by atoms with Gasteiger partial charge in [0, 0.05) is 28.3 Å². The van der Waals surface area contributed by atoms with Crippen molar-refractivity contribution < 1.29 is 28.7 Å². The topological polar surface area (TPSA) is 108 Å². The zero-order valence-corrected chi connectivity index (χ0v) is 18.5. The summed E-state index contributed by atoms with van der Waals surface area (Å²) in [6.07, 6.45) is 0. The van der Waals surface area contributed by atoms with E-state index in [-0.39, 0.29) is 23.4 Å². The zero-order chi connectivity index (χ0) is 23.4. The van der Waals surface area contributed by atoms with Gasteiger partial charge in [0.05, 0.1) is 17.0 Å². The quantitative estimate of drug-likeness (QED) is 0.291. The van der Waals surface area contributed by atoms with E-state index in [0.717, 1.165) is 4.88 Å². The number of esters is 1. The summed E-state index contributed by atoms with van der Waals surface area (Å²) in [7, 11) is 0.